The second kappa shape index (κ2) is 5.78. The Balaban J connectivity index is 2.26. The van der Waals surface area contributed by atoms with E-state index in [1.165, 1.54) is 11.5 Å². The lowest BCUT2D eigenvalue weighted by Gasteiger charge is -2.17. The summed E-state index contributed by atoms with van der Waals surface area (Å²) in [5, 5.41) is 10.8. The average molecular weight is 271 g/mol. The van der Waals surface area contributed by atoms with Gasteiger partial charge in [0.2, 0.25) is 0 Å². The third-order valence-electron chi connectivity index (χ3n) is 2.74. The van der Waals surface area contributed by atoms with Gasteiger partial charge in [-0.3, -0.25) is 4.90 Å². The van der Waals surface area contributed by atoms with Crippen molar-refractivity contribution >= 4 is 33.2 Å². The summed E-state index contributed by atoms with van der Waals surface area (Å²) in [6.45, 7) is 4.60. The summed E-state index contributed by atoms with van der Waals surface area (Å²) < 4.78 is 5.62. The van der Waals surface area contributed by atoms with Crippen LogP contribution in [0, 0.1) is 0 Å². The Kier molecular flexibility index (Phi) is 4.34. The fourth-order valence-corrected chi connectivity index (χ4v) is 2.72. The fraction of sp³-hybridized carbons (Fsp3) is 0.417. The van der Waals surface area contributed by atoms with Gasteiger partial charge >= 0.3 is 0 Å². The molecule has 0 bridgehead atoms. The molecule has 0 saturated heterocycles. The van der Waals surface area contributed by atoms with Gasteiger partial charge in [-0.1, -0.05) is 18.5 Å². The second-order valence-corrected chi connectivity index (χ2v) is 5.10. The minimum absolute atomic E-state index is 0.177. The van der Waals surface area contributed by atoms with Crippen LogP contribution in [-0.2, 0) is 6.54 Å². The molecular weight excluding hydrogens is 256 g/mol. The third kappa shape index (κ3) is 2.96. The largest absolute Gasteiger partial charge is 0.395 e. The predicted molar refractivity (Wildman–Crippen MR) is 72.7 cm³/mol. The van der Waals surface area contributed by atoms with Gasteiger partial charge in [-0.25, -0.2) is 0 Å². The SMILES string of the molecule is CCN(CCO)Cc1nsc2ccc(Cl)cc12. The van der Waals surface area contributed by atoms with E-state index in [0.717, 1.165) is 33.9 Å². The maximum atomic E-state index is 8.97. The number of aliphatic hydroxyl groups is 1. The molecule has 3 nitrogen and oxygen atoms in total. The zero-order valence-electron chi connectivity index (χ0n) is 9.69. The number of likely N-dealkylation sites (N-methyl/N-ethyl adjacent to an activating group) is 1. The van der Waals surface area contributed by atoms with Crippen molar-refractivity contribution in [3.8, 4) is 0 Å². The van der Waals surface area contributed by atoms with Crippen LogP contribution in [0.5, 0.6) is 0 Å². The zero-order valence-corrected chi connectivity index (χ0v) is 11.3. The van der Waals surface area contributed by atoms with Gasteiger partial charge in [0.1, 0.15) is 0 Å². The minimum Gasteiger partial charge on any atom is -0.395 e. The van der Waals surface area contributed by atoms with Gasteiger partial charge in [-0.05, 0) is 36.3 Å². The Hall–Kier alpha value is -0.680. The number of benzene rings is 1. The van der Waals surface area contributed by atoms with Gasteiger partial charge in [-0.15, -0.1) is 0 Å². The number of hydrogen-bond donors (Lipinski definition) is 1. The molecule has 1 aromatic carbocycles. The highest BCUT2D eigenvalue weighted by atomic mass is 35.5. The summed E-state index contributed by atoms with van der Waals surface area (Å²) in [7, 11) is 0. The lowest BCUT2D eigenvalue weighted by Crippen LogP contribution is -2.26. The number of aromatic nitrogens is 1. The molecule has 1 N–H and O–H groups in total. The van der Waals surface area contributed by atoms with Crippen molar-refractivity contribution in [2.24, 2.45) is 0 Å². The zero-order chi connectivity index (χ0) is 12.3. The molecule has 0 amide bonds. The molecule has 0 fully saturated rings. The van der Waals surface area contributed by atoms with Crippen LogP contribution in [0.3, 0.4) is 0 Å². The molecule has 0 spiro atoms. The van der Waals surface area contributed by atoms with Gasteiger partial charge in [0.15, 0.2) is 0 Å². The van der Waals surface area contributed by atoms with E-state index in [9.17, 15) is 0 Å². The van der Waals surface area contributed by atoms with Crippen LogP contribution < -0.4 is 0 Å². The van der Waals surface area contributed by atoms with Gasteiger partial charge in [0.05, 0.1) is 17.0 Å². The van der Waals surface area contributed by atoms with E-state index in [1.54, 1.807) is 0 Å². The van der Waals surface area contributed by atoms with Gasteiger partial charge < -0.3 is 5.11 Å². The normalized spacial score (nSPS) is 11.5. The molecule has 1 aromatic heterocycles. The second-order valence-electron chi connectivity index (χ2n) is 3.86. The van der Waals surface area contributed by atoms with Gasteiger partial charge in [-0.2, -0.15) is 4.37 Å². The summed E-state index contributed by atoms with van der Waals surface area (Å²) in [6.07, 6.45) is 0. The quantitative estimate of drug-likeness (QED) is 0.908. The van der Waals surface area contributed by atoms with Crippen LogP contribution in [0.4, 0.5) is 0 Å². The van der Waals surface area contributed by atoms with Crippen LogP contribution in [-0.4, -0.2) is 34.1 Å². The Morgan fingerprint density at radius 2 is 2.29 bits per heavy atom. The Bertz CT molecular complexity index is 500. The highest BCUT2D eigenvalue weighted by Crippen LogP contribution is 2.26. The molecule has 0 aliphatic heterocycles. The first-order chi connectivity index (χ1) is 8.24. The van der Waals surface area contributed by atoms with Crippen molar-refractivity contribution in [1.29, 1.82) is 0 Å². The molecule has 0 saturated carbocycles. The van der Waals surface area contributed by atoms with Crippen molar-refractivity contribution in [3.63, 3.8) is 0 Å². The van der Waals surface area contributed by atoms with E-state index < -0.39 is 0 Å². The molecule has 0 atom stereocenters. The maximum Gasteiger partial charge on any atom is 0.0761 e. The number of aliphatic hydroxyl groups excluding tert-OH is 1. The molecule has 0 unspecified atom stereocenters. The van der Waals surface area contributed by atoms with Crippen molar-refractivity contribution in [1.82, 2.24) is 9.27 Å². The summed E-state index contributed by atoms with van der Waals surface area (Å²) >= 11 is 7.50. The Labute approximate surface area is 110 Å². The molecule has 17 heavy (non-hydrogen) atoms. The monoisotopic (exact) mass is 270 g/mol. The molecule has 0 aliphatic rings. The first kappa shape index (κ1) is 12.8. The number of rotatable bonds is 5. The molecule has 5 heteroatoms. The van der Waals surface area contributed by atoms with Crippen LogP contribution in [0.2, 0.25) is 5.02 Å². The topological polar surface area (TPSA) is 36.4 Å². The number of fused-ring (bicyclic) bond motifs is 1. The van der Waals surface area contributed by atoms with Gasteiger partial charge in [0.25, 0.3) is 0 Å². The minimum atomic E-state index is 0.177. The van der Waals surface area contributed by atoms with E-state index in [-0.39, 0.29) is 6.61 Å². The smallest absolute Gasteiger partial charge is 0.0761 e. The van der Waals surface area contributed by atoms with Gasteiger partial charge in [0, 0.05) is 23.5 Å². The van der Waals surface area contributed by atoms with Crippen LogP contribution in [0.25, 0.3) is 10.1 Å². The molecule has 2 rings (SSSR count). The first-order valence-corrected chi connectivity index (χ1v) is 6.76. The van der Waals surface area contributed by atoms with Crippen molar-refractivity contribution in [2.45, 2.75) is 13.5 Å². The summed E-state index contributed by atoms with van der Waals surface area (Å²) in [5.41, 5.74) is 1.04. The summed E-state index contributed by atoms with van der Waals surface area (Å²) in [5.74, 6) is 0. The predicted octanol–water partition coefficient (Wildman–Crippen LogP) is 2.76. The lowest BCUT2D eigenvalue weighted by atomic mass is 10.2. The van der Waals surface area contributed by atoms with Crippen LogP contribution in [0.15, 0.2) is 18.2 Å². The Morgan fingerprint density at radius 1 is 1.47 bits per heavy atom. The summed E-state index contributed by atoms with van der Waals surface area (Å²) in [4.78, 5) is 2.16. The lowest BCUT2D eigenvalue weighted by molar-refractivity contribution is 0.196. The number of nitrogens with zero attached hydrogens (tertiary/aromatic N) is 2. The highest BCUT2D eigenvalue weighted by Gasteiger charge is 2.10. The molecular formula is C12H15ClN2OS. The number of hydrogen-bond acceptors (Lipinski definition) is 4. The molecule has 92 valence electrons. The first-order valence-electron chi connectivity index (χ1n) is 5.61. The molecule has 0 radical (unpaired) electrons. The Morgan fingerprint density at radius 3 is 3.00 bits per heavy atom. The fourth-order valence-electron chi connectivity index (χ4n) is 1.78. The maximum absolute atomic E-state index is 8.97. The third-order valence-corrected chi connectivity index (χ3v) is 3.84. The average Bonchev–Trinajstić information content (AvgIpc) is 2.71. The van der Waals surface area contributed by atoms with Crippen molar-refractivity contribution in [3.05, 3.63) is 28.9 Å². The van der Waals surface area contributed by atoms with E-state index in [4.69, 9.17) is 16.7 Å². The highest BCUT2D eigenvalue weighted by molar-refractivity contribution is 7.13. The van der Waals surface area contributed by atoms with Crippen molar-refractivity contribution in [2.75, 3.05) is 19.7 Å². The van der Waals surface area contributed by atoms with E-state index in [2.05, 4.69) is 16.2 Å². The van der Waals surface area contributed by atoms with E-state index >= 15 is 0 Å². The van der Waals surface area contributed by atoms with E-state index in [0.29, 0.717) is 6.54 Å². The van der Waals surface area contributed by atoms with E-state index in [1.807, 2.05) is 18.2 Å². The molecule has 0 aliphatic carbocycles. The standard InChI is InChI=1S/C12H15ClN2OS/c1-2-15(5-6-16)8-11-10-7-9(13)3-4-12(10)17-14-11/h3-4,7,16H,2,5-6,8H2,1H3. The molecule has 1 heterocycles. The summed E-state index contributed by atoms with van der Waals surface area (Å²) in [6, 6.07) is 5.85. The number of halogens is 1. The van der Waals surface area contributed by atoms with Crippen LogP contribution >= 0.6 is 23.1 Å². The van der Waals surface area contributed by atoms with Crippen LogP contribution in [0.1, 0.15) is 12.6 Å². The molecule has 2 aromatic rings. The van der Waals surface area contributed by atoms with Crippen molar-refractivity contribution < 1.29 is 5.11 Å².